The van der Waals surface area contributed by atoms with Crippen molar-refractivity contribution in [3.05, 3.63) is 52.7 Å². The first-order valence-electron chi connectivity index (χ1n) is 6.38. The largest absolute Gasteiger partial charge is 0.438 e. The van der Waals surface area contributed by atoms with Crippen molar-refractivity contribution in [1.29, 1.82) is 0 Å². The van der Waals surface area contributed by atoms with Gasteiger partial charge in [-0.3, -0.25) is 0 Å². The highest BCUT2D eigenvalue weighted by Crippen LogP contribution is 2.32. The Hall–Kier alpha value is -1.87. The fourth-order valence-electron chi connectivity index (χ4n) is 1.99. The van der Waals surface area contributed by atoms with Crippen LogP contribution in [-0.4, -0.2) is 10.1 Å². The number of hydrogen-bond acceptors (Lipinski definition) is 3. The Balaban J connectivity index is 2.45. The summed E-state index contributed by atoms with van der Waals surface area (Å²) in [5.41, 5.74) is 4.03. The Morgan fingerprint density at radius 2 is 1.79 bits per heavy atom. The van der Waals surface area contributed by atoms with E-state index < -0.39 is 6.10 Å². The van der Waals surface area contributed by atoms with Crippen LogP contribution >= 0.6 is 0 Å². The molecule has 0 unspecified atom stereocenters. The SMILES string of the molecule is Cc1ccc(C)c(Oc2ncccc2[C@@H](C)O)c1C. The van der Waals surface area contributed by atoms with E-state index in [1.807, 2.05) is 26.0 Å². The third-order valence-electron chi connectivity index (χ3n) is 3.32. The predicted octanol–water partition coefficient (Wildman–Crippen LogP) is 3.85. The molecule has 100 valence electrons. The number of nitrogens with zero attached hydrogens (tertiary/aromatic N) is 1. The highest BCUT2D eigenvalue weighted by Gasteiger charge is 2.14. The predicted molar refractivity (Wildman–Crippen MR) is 75.6 cm³/mol. The number of benzene rings is 1. The van der Waals surface area contributed by atoms with Crippen molar-refractivity contribution >= 4 is 0 Å². The number of ether oxygens (including phenoxy) is 1. The fourth-order valence-corrected chi connectivity index (χ4v) is 1.99. The van der Waals surface area contributed by atoms with Gasteiger partial charge in [0.2, 0.25) is 5.88 Å². The van der Waals surface area contributed by atoms with E-state index in [1.165, 1.54) is 5.56 Å². The smallest absolute Gasteiger partial charge is 0.225 e. The van der Waals surface area contributed by atoms with E-state index >= 15 is 0 Å². The lowest BCUT2D eigenvalue weighted by Crippen LogP contribution is -2.00. The molecule has 2 rings (SSSR count). The highest BCUT2D eigenvalue weighted by molar-refractivity contribution is 5.47. The average molecular weight is 257 g/mol. The number of aliphatic hydroxyl groups is 1. The molecule has 2 aromatic rings. The monoisotopic (exact) mass is 257 g/mol. The van der Waals surface area contributed by atoms with E-state index in [2.05, 4.69) is 18.0 Å². The lowest BCUT2D eigenvalue weighted by atomic mass is 10.1. The van der Waals surface area contributed by atoms with Gasteiger partial charge in [0.1, 0.15) is 5.75 Å². The van der Waals surface area contributed by atoms with Gasteiger partial charge < -0.3 is 9.84 Å². The summed E-state index contributed by atoms with van der Waals surface area (Å²) in [4.78, 5) is 4.22. The van der Waals surface area contributed by atoms with Gasteiger partial charge in [-0.25, -0.2) is 4.98 Å². The topological polar surface area (TPSA) is 42.4 Å². The molecule has 0 spiro atoms. The summed E-state index contributed by atoms with van der Waals surface area (Å²) in [5.74, 6) is 1.29. The van der Waals surface area contributed by atoms with Crippen LogP contribution < -0.4 is 4.74 Å². The van der Waals surface area contributed by atoms with Crippen molar-refractivity contribution in [3.8, 4) is 11.6 Å². The maximum absolute atomic E-state index is 9.76. The van der Waals surface area contributed by atoms with Crippen LogP contribution in [-0.2, 0) is 0 Å². The Bertz CT molecular complexity index is 591. The first kappa shape index (κ1) is 13.6. The van der Waals surface area contributed by atoms with Crippen molar-refractivity contribution in [2.24, 2.45) is 0 Å². The lowest BCUT2D eigenvalue weighted by molar-refractivity contribution is 0.194. The summed E-state index contributed by atoms with van der Waals surface area (Å²) < 4.78 is 5.94. The molecule has 0 saturated carbocycles. The molecule has 0 saturated heterocycles. The van der Waals surface area contributed by atoms with E-state index in [4.69, 9.17) is 4.74 Å². The van der Waals surface area contributed by atoms with Gasteiger partial charge in [0.05, 0.1) is 6.10 Å². The molecular formula is C16H19NO2. The van der Waals surface area contributed by atoms with E-state index in [9.17, 15) is 5.11 Å². The number of aliphatic hydroxyl groups excluding tert-OH is 1. The zero-order chi connectivity index (χ0) is 14.0. The van der Waals surface area contributed by atoms with Gasteiger partial charge >= 0.3 is 0 Å². The van der Waals surface area contributed by atoms with Crippen LogP contribution in [0.25, 0.3) is 0 Å². The van der Waals surface area contributed by atoms with E-state index in [-0.39, 0.29) is 0 Å². The Kier molecular flexibility index (Phi) is 3.86. The van der Waals surface area contributed by atoms with Crippen LogP contribution in [0.4, 0.5) is 0 Å². The molecule has 0 aliphatic heterocycles. The molecule has 1 heterocycles. The summed E-state index contributed by atoms with van der Waals surface area (Å²) in [7, 11) is 0. The number of aromatic nitrogens is 1. The van der Waals surface area contributed by atoms with Crippen molar-refractivity contribution < 1.29 is 9.84 Å². The second kappa shape index (κ2) is 5.41. The normalized spacial score (nSPS) is 12.3. The summed E-state index contributed by atoms with van der Waals surface area (Å²) in [6.45, 7) is 7.80. The summed E-state index contributed by atoms with van der Waals surface area (Å²) >= 11 is 0. The summed E-state index contributed by atoms with van der Waals surface area (Å²) in [5, 5.41) is 9.76. The standard InChI is InChI=1S/C16H19NO2/c1-10-7-8-11(2)15(12(10)3)19-16-14(13(4)18)6-5-9-17-16/h5-9,13,18H,1-4H3/t13-/m1/s1. The Labute approximate surface area is 113 Å². The zero-order valence-electron chi connectivity index (χ0n) is 11.8. The first-order valence-corrected chi connectivity index (χ1v) is 6.38. The first-order chi connectivity index (χ1) is 9.00. The van der Waals surface area contributed by atoms with Crippen LogP contribution in [0.5, 0.6) is 11.6 Å². The average Bonchev–Trinajstić information content (AvgIpc) is 2.39. The second-order valence-corrected chi connectivity index (χ2v) is 4.83. The van der Waals surface area contributed by atoms with Gasteiger partial charge in [-0.05, 0) is 56.5 Å². The molecule has 1 atom stereocenters. The summed E-state index contributed by atoms with van der Waals surface area (Å²) in [6.07, 6.45) is 1.07. The van der Waals surface area contributed by atoms with E-state index in [1.54, 1.807) is 19.2 Å². The van der Waals surface area contributed by atoms with E-state index in [0.717, 1.165) is 16.9 Å². The molecular weight excluding hydrogens is 238 g/mol. The minimum Gasteiger partial charge on any atom is -0.438 e. The summed E-state index contributed by atoms with van der Waals surface area (Å²) in [6, 6.07) is 7.73. The molecule has 19 heavy (non-hydrogen) atoms. The molecule has 3 nitrogen and oxygen atoms in total. The maximum Gasteiger partial charge on any atom is 0.225 e. The zero-order valence-corrected chi connectivity index (χ0v) is 11.8. The van der Waals surface area contributed by atoms with Crippen LogP contribution in [0.15, 0.2) is 30.5 Å². The molecule has 0 fully saturated rings. The maximum atomic E-state index is 9.76. The van der Waals surface area contributed by atoms with Crippen LogP contribution in [0, 0.1) is 20.8 Å². The van der Waals surface area contributed by atoms with Crippen molar-refractivity contribution in [2.75, 3.05) is 0 Å². The van der Waals surface area contributed by atoms with Gasteiger partial charge in [-0.2, -0.15) is 0 Å². The molecule has 0 aliphatic rings. The van der Waals surface area contributed by atoms with Crippen molar-refractivity contribution in [3.63, 3.8) is 0 Å². The second-order valence-electron chi connectivity index (χ2n) is 4.83. The quantitative estimate of drug-likeness (QED) is 0.908. The van der Waals surface area contributed by atoms with Crippen LogP contribution in [0.3, 0.4) is 0 Å². The number of pyridine rings is 1. The number of aryl methyl sites for hydroxylation is 2. The number of rotatable bonds is 3. The molecule has 1 aromatic carbocycles. The van der Waals surface area contributed by atoms with Gasteiger partial charge in [0, 0.05) is 11.8 Å². The molecule has 1 N–H and O–H groups in total. The molecule has 3 heteroatoms. The third-order valence-corrected chi connectivity index (χ3v) is 3.32. The van der Waals surface area contributed by atoms with E-state index in [0.29, 0.717) is 11.4 Å². The van der Waals surface area contributed by atoms with Gasteiger partial charge in [0.25, 0.3) is 0 Å². The molecule has 0 amide bonds. The highest BCUT2D eigenvalue weighted by atomic mass is 16.5. The van der Waals surface area contributed by atoms with Crippen LogP contribution in [0.2, 0.25) is 0 Å². The fraction of sp³-hybridized carbons (Fsp3) is 0.312. The third kappa shape index (κ3) is 2.76. The molecule has 0 bridgehead atoms. The van der Waals surface area contributed by atoms with Gasteiger partial charge in [0.15, 0.2) is 0 Å². The van der Waals surface area contributed by atoms with Crippen LogP contribution in [0.1, 0.15) is 35.3 Å². The van der Waals surface area contributed by atoms with Gasteiger partial charge in [-0.15, -0.1) is 0 Å². The lowest BCUT2D eigenvalue weighted by Gasteiger charge is -2.16. The minimum absolute atomic E-state index is 0.467. The van der Waals surface area contributed by atoms with Crippen molar-refractivity contribution in [1.82, 2.24) is 4.98 Å². The minimum atomic E-state index is -0.603. The Morgan fingerprint density at radius 1 is 1.11 bits per heavy atom. The van der Waals surface area contributed by atoms with Crippen molar-refractivity contribution in [2.45, 2.75) is 33.8 Å². The number of hydrogen-bond donors (Lipinski definition) is 1. The molecule has 1 aromatic heterocycles. The Morgan fingerprint density at radius 3 is 2.47 bits per heavy atom. The molecule has 0 radical (unpaired) electrons. The van der Waals surface area contributed by atoms with Gasteiger partial charge in [-0.1, -0.05) is 12.1 Å². The molecule has 0 aliphatic carbocycles.